The lowest BCUT2D eigenvalue weighted by molar-refractivity contribution is 0.549. The number of hydrogen-bond donors (Lipinski definition) is 2. The summed E-state index contributed by atoms with van der Waals surface area (Å²) in [6.07, 6.45) is 2.29. The molecule has 0 saturated heterocycles. The van der Waals surface area contributed by atoms with Gasteiger partial charge in [-0.15, -0.1) is 11.3 Å². The molecule has 8 heteroatoms. The minimum Gasteiger partial charge on any atom is -0.398 e. The van der Waals surface area contributed by atoms with Gasteiger partial charge >= 0.3 is 0 Å². The van der Waals surface area contributed by atoms with Crippen molar-refractivity contribution < 1.29 is 8.42 Å². The maximum absolute atomic E-state index is 12.4. The molecule has 0 aliphatic rings. The molecule has 108 valence electrons. The molecule has 0 spiro atoms. The number of nitrogen functional groups attached to an aromatic ring is 1. The van der Waals surface area contributed by atoms with Gasteiger partial charge in [-0.05, 0) is 40.5 Å². The fraction of sp³-hybridized carbons (Fsp3) is 0.250. The average Bonchev–Trinajstić information content (AvgIpc) is 2.93. The second kappa shape index (κ2) is 6.21. The van der Waals surface area contributed by atoms with Gasteiger partial charge in [0, 0.05) is 21.7 Å². The number of thiazole rings is 1. The van der Waals surface area contributed by atoms with Crippen LogP contribution in [0.4, 0.5) is 5.69 Å². The zero-order chi connectivity index (χ0) is 14.8. The number of anilines is 1. The van der Waals surface area contributed by atoms with Crippen LogP contribution in [0.3, 0.4) is 0 Å². The fourth-order valence-corrected chi connectivity index (χ4v) is 4.07. The van der Waals surface area contributed by atoms with Crippen molar-refractivity contribution in [3.8, 4) is 0 Å². The Kier molecular flexibility index (Phi) is 4.79. The number of sulfonamides is 1. The molecule has 2 rings (SSSR count). The first-order valence-electron chi connectivity index (χ1n) is 5.90. The van der Waals surface area contributed by atoms with Crippen LogP contribution < -0.4 is 10.5 Å². The molecule has 20 heavy (non-hydrogen) atoms. The van der Waals surface area contributed by atoms with Gasteiger partial charge in [0.1, 0.15) is 5.01 Å². The SMILES string of the molecule is CCC(NS(=O)(=O)c1ccc(Br)c(N)c1)c1nccs1. The van der Waals surface area contributed by atoms with Crippen LogP contribution in [0.15, 0.2) is 39.1 Å². The molecule has 1 unspecified atom stereocenters. The molecule has 1 atom stereocenters. The van der Waals surface area contributed by atoms with Crippen molar-refractivity contribution in [1.29, 1.82) is 0 Å². The van der Waals surface area contributed by atoms with E-state index < -0.39 is 10.0 Å². The fourth-order valence-electron chi connectivity index (χ4n) is 1.66. The lowest BCUT2D eigenvalue weighted by Gasteiger charge is -2.15. The summed E-state index contributed by atoms with van der Waals surface area (Å²) < 4.78 is 28.0. The summed E-state index contributed by atoms with van der Waals surface area (Å²) in [5.74, 6) is 0. The van der Waals surface area contributed by atoms with Gasteiger partial charge < -0.3 is 5.73 Å². The Balaban J connectivity index is 2.28. The molecule has 2 aromatic rings. The van der Waals surface area contributed by atoms with Crippen LogP contribution in [-0.4, -0.2) is 13.4 Å². The molecule has 5 nitrogen and oxygen atoms in total. The smallest absolute Gasteiger partial charge is 0.241 e. The molecular weight excluding hydrogens is 362 g/mol. The molecule has 0 fully saturated rings. The average molecular weight is 376 g/mol. The Hall–Kier alpha value is -0.960. The summed E-state index contributed by atoms with van der Waals surface area (Å²) in [4.78, 5) is 4.30. The molecule has 0 saturated carbocycles. The van der Waals surface area contributed by atoms with Crippen molar-refractivity contribution in [1.82, 2.24) is 9.71 Å². The Bertz CT molecular complexity index is 687. The van der Waals surface area contributed by atoms with E-state index in [2.05, 4.69) is 25.6 Å². The number of nitrogens with two attached hydrogens (primary N) is 1. The highest BCUT2D eigenvalue weighted by Gasteiger charge is 2.22. The maximum atomic E-state index is 12.4. The maximum Gasteiger partial charge on any atom is 0.241 e. The lowest BCUT2D eigenvalue weighted by atomic mass is 10.3. The lowest BCUT2D eigenvalue weighted by Crippen LogP contribution is -2.28. The van der Waals surface area contributed by atoms with E-state index in [9.17, 15) is 8.42 Å². The van der Waals surface area contributed by atoms with Gasteiger partial charge in [0.15, 0.2) is 0 Å². The largest absolute Gasteiger partial charge is 0.398 e. The van der Waals surface area contributed by atoms with Crippen LogP contribution in [0, 0.1) is 0 Å². The van der Waals surface area contributed by atoms with Crippen LogP contribution in [0.25, 0.3) is 0 Å². The predicted octanol–water partition coefficient (Wildman–Crippen LogP) is 2.92. The van der Waals surface area contributed by atoms with Crippen LogP contribution in [-0.2, 0) is 10.0 Å². The second-order valence-corrected chi connectivity index (χ2v) is 7.63. The molecule has 0 aliphatic carbocycles. The van der Waals surface area contributed by atoms with E-state index in [0.29, 0.717) is 16.6 Å². The summed E-state index contributed by atoms with van der Waals surface area (Å²) >= 11 is 4.67. The highest BCUT2D eigenvalue weighted by atomic mass is 79.9. The summed E-state index contributed by atoms with van der Waals surface area (Å²) in [5.41, 5.74) is 6.11. The van der Waals surface area contributed by atoms with Gasteiger partial charge in [-0.2, -0.15) is 0 Å². The van der Waals surface area contributed by atoms with Crippen molar-refractivity contribution in [2.24, 2.45) is 0 Å². The van der Waals surface area contributed by atoms with E-state index in [0.717, 1.165) is 5.01 Å². The molecule has 0 aliphatic heterocycles. The van der Waals surface area contributed by atoms with Crippen molar-refractivity contribution in [3.05, 3.63) is 39.3 Å². The first-order valence-corrected chi connectivity index (χ1v) is 9.06. The molecule has 3 N–H and O–H groups in total. The van der Waals surface area contributed by atoms with Crippen molar-refractivity contribution in [3.63, 3.8) is 0 Å². The quantitative estimate of drug-likeness (QED) is 0.786. The monoisotopic (exact) mass is 375 g/mol. The van der Waals surface area contributed by atoms with Crippen LogP contribution in [0.5, 0.6) is 0 Å². The van der Waals surface area contributed by atoms with Crippen molar-refractivity contribution in [2.75, 3.05) is 5.73 Å². The summed E-state index contributed by atoms with van der Waals surface area (Å²) in [5, 5.41) is 2.57. The summed E-state index contributed by atoms with van der Waals surface area (Å²) in [7, 11) is -3.62. The number of halogens is 1. The van der Waals surface area contributed by atoms with E-state index in [4.69, 9.17) is 5.73 Å². The molecule has 0 bridgehead atoms. The first-order chi connectivity index (χ1) is 9.44. The molecule has 1 heterocycles. The molecule has 0 radical (unpaired) electrons. The van der Waals surface area contributed by atoms with E-state index in [1.807, 2.05) is 12.3 Å². The summed E-state index contributed by atoms with van der Waals surface area (Å²) in [6.45, 7) is 1.91. The van der Waals surface area contributed by atoms with E-state index in [1.165, 1.54) is 23.5 Å². The van der Waals surface area contributed by atoms with Crippen molar-refractivity contribution in [2.45, 2.75) is 24.3 Å². The highest BCUT2D eigenvalue weighted by molar-refractivity contribution is 9.10. The minimum atomic E-state index is -3.62. The third-order valence-corrected chi connectivity index (χ3v) is 5.81. The Morgan fingerprint density at radius 3 is 2.80 bits per heavy atom. The molecular formula is C12H14BrN3O2S2. The normalized spacial score (nSPS) is 13.3. The van der Waals surface area contributed by atoms with E-state index in [-0.39, 0.29) is 10.9 Å². The zero-order valence-corrected chi connectivity index (χ0v) is 13.9. The zero-order valence-electron chi connectivity index (χ0n) is 10.7. The summed E-state index contributed by atoms with van der Waals surface area (Å²) in [6, 6.07) is 4.23. The predicted molar refractivity (Wildman–Crippen MR) is 84.0 cm³/mol. The third-order valence-electron chi connectivity index (χ3n) is 2.73. The van der Waals surface area contributed by atoms with Gasteiger partial charge in [-0.3, -0.25) is 0 Å². The molecule has 1 aromatic heterocycles. The second-order valence-electron chi connectivity index (χ2n) is 4.14. The van der Waals surface area contributed by atoms with Crippen LogP contribution in [0.1, 0.15) is 24.4 Å². The minimum absolute atomic E-state index is 0.146. The number of hydrogen-bond acceptors (Lipinski definition) is 5. The topological polar surface area (TPSA) is 85.1 Å². The molecule has 0 amide bonds. The van der Waals surface area contributed by atoms with Gasteiger partial charge in [-0.25, -0.2) is 18.1 Å². The molecule has 1 aromatic carbocycles. The Morgan fingerprint density at radius 2 is 2.25 bits per heavy atom. The Morgan fingerprint density at radius 1 is 1.50 bits per heavy atom. The number of nitrogens with one attached hydrogen (secondary N) is 1. The third kappa shape index (κ3) is 3.38. The van der Waals surface area contributed by atoms with Gasteiger partial charge in [0.05, 0.1) is 10.9 Å². The standard InChI is InChI=1S/C12H14BrN3O2S2/c1-2-11(12-15-5-6-19-12)16-20(17,18)8-3-4-9(13)10(14)7-8/h3-7,11,16H,2,14H2,1H3. The van der Waals surface area contributed by atoms with Crippen LogP contribution in [0.2, 0.25) is 0 Å². The van der Waals surface area contributed by atoms with Gasteiger partial charge in [0.2, 0.25) is 10.0 Å². The number of benzene rings is 1. The Labute approximate surface area is 130 Å². The van der Waals surface area contributed by atoms with E-state index in [1.54, 1.807) is 12.3 Å². The number of rotatable bonds is 5. The number of nitrogens with zero attached hydrogens (tertiary/aromatic N) is 1. The first kappa shape index (κ1) is 15.4. The van der Waals surface area contributed by atoms with Gasteiger partial charge in [-0.1, -0.05) is 6.92 Å². The van der Waals surface area contributed by atoms with E-state index >= 15 is 0 Å². The van der Waals surface area contributed by atoms with Crippen LogP contribution >= 0.6 is 27.3 Å². The highest BCUT2D eigenvalue weighted by Crippen LogP contribution is 2.25. The van der Waals surface area contributed by atoms with Crippen molar-refractivity contribution >= 4 is 43.0 Å². The van der Waals surface area contributed by atoms with Gasteiger partial charge in [0.25, 0.3) is 0 Å². The number of aromatic nitrogens is 1.